The number of amidine groups is 1. The van der Waals surface area contributed by atoms with Gasteiger partial charge in [0.25, 0.3) is 0 Å². The number of rotatable bonds is 3. The maximum Gasteiger partial charge on any atom is 0.200 e. The van der Waals surface area contributed by atoms with Crippen molar-refractivity contribution in [1.82, 2.24) is 4.90 Å². The molecule has 0 saturated carbocycles. The minimum atomic E-state index is -1.96. The Bertz CT molecular complexity index is 528. The quantitative estimate of drug-likeness (QED) is 0.286. The fraction of sp³-hybridized carbons (Fsp3) is 0.500. The zero-order valence-electron chi connectivity index (χ0n) is 10.4. The SMILES string of the molecule is C=C1N=C(N)C=CN1C1OC(CO)(N=[N+]=[N-])C(O)C1O. The van der Waals surface area contributed by atoms with Gasteiger partial charge in [-0.3, -0.25) is 0 Å². The normalized spacial score (nSPS) is 36.8. The summed E-state index contributed by atoms with van der Waals surface area (Å²) in [5.41, 5.74) is 12.0. The Morgan fingerprint density at radius 3 is 2.90 bits per heavy atom. The number of aliphatic hydroxyl groups excluding tert-OH is 3. The summed E-state index contributed by atoms with van der Waals surface area (Å²) in [6.45, 7) is 2.85. The lowest BCUT2D eigenvalue weighted by Gasteiger charge is -2.31. The van der Waals surface area contributed by atoms with E-state index >= 15 is 0 Å². The van der Waals surface area contributed by atoms with Crippen LogP contribution in [0.15, 0.2) is 34.8 Å². The van der Waals surface area contributed by atoms with Gasteiger partial charge in [-0.2, -0.15) is 0 Å². The average molecular weight is 282 g/mol. The summed E-state index contributed by atoms with van der Waals surface area (Å²) in [5, 5.41) is 32.5. The first-order chi connectivity index (χ1) is 9.45. The predicted molar refractivity (Wildman–Crippen MR) is 67.6 cm³/mol. The van der Waals surface area contributed by atoms with Crippen molar-refractivity contribution in [2.75, 3.05) is 6.61 Å². The minimum Gasteiger partial charge on any atom is -0.393 e. The molecule has 2 rings (SSSR count). The maximum absolute atomic E-state index is 10.0. The van der Waals surface area contributed by atoms with E-state index in [9.17, 15) is 15.3 Å². The molecule has 20 heavy (non-hydrogen) atoms. The van der Waals surface area contributed by atoms with E-state index in [4.69, 9.17) is 16.0 Å². The summed E-state index contributed by atoms with van der Waals surface area (Å²) in [7, 11) is 0. The van der Waals surface area contributed by atoms with Crippen LogP contribution in [0.4, 0.5) is 0 Å². The van der Waals surface area contributed by atoms with Gasteiger partial charge in [0, 0.05) is 11.1 Å². The zero-order chi connectivity index (χ0) is 14.9. The van der Waals surface area contributed by atoms with E-state index in [1.807, 2.05) is 0 Å². The number of ether oxygens (including phenoxy) is 1. The van der Waals surface area contributed by atoms with Gasteiger partial charge < -0.3 is 30.7 Å². The van der Waals surface area contributed by atoms with E-state index < -0.39 is 30.8 Å². The Kier molecular flexibility index (Phi) is 3.66. The van der Waals surface area contributed by atoms with Crippen LogP contribution < -0.4 is 5.73 Å². The number of azide groups is 1. The van der Waals surface area contributed by atoms with Gasteiger partial charge in [-0.05, 0) is 11.6 Å². The summed E-state index contributed by atoms with van der Waals surface area (Å²) in [4.78, 5) is 7.72. The van der Waals surface area contributed by atoms with Gasteiger partial charge in [-0.1, -0.05) is 11.7 Å². The average Bonchev–Trinajstić information content (AvgIpc) is 2.65. The van der Waals surface area contributed by atoms with Gasteiger partial charge in [-0.25, -0.2) is 4.99 Å². The highest BCUT2D eigenvalue weighted by atomic mass is 16.6. The molecule has 10 heteroatoms. The number of hydrogen-bond acceptors (Lipinski definition) is 8. The lowest BCUT2D eigenvalue weighted by atomic mass is 10.1. The Morgan fingerprint density at radius 2 is 2.35 bits per heavy atom. The molecule has 4 unspecified atom stereocenters. The first-order valence-electron chi connectivity index (χ1n) is 5.66. The largest absolute Gasteiger partial charge is 0.393 e. The van der Waals surface area contributed by atoms with Crippen LogP contribution in [0.25, 0.3) is 10.4 Å². The molecule has 4 atom stereocenters. The molecular weight excluding hydrogens is 268 g/mol. The van der Waals surface area contributed by atoms with Gasteiger partial charge in [0.05, 0.1) is 6.61 Å². The third-order valence-corrected chi connectivity index (χ3v) is 3.08. The molecule has 0 amide bonds. The van der Waals surface area contributed by atoms with E-state index in [0.29, 0.717) is 0 Å². The van der Waals surface area contributed by atoms with Crippen molar-refractivity contribution < 1.29 is 20.1 Å². The molecule has 2 aliphatic heterocycles. The van der Waals surface area contributed by atoms with Gasteiger partial charge >= 0.3 is 0 Å². The van der Waals surface area contributed by atoms with Crippen molar-refractivity contribution in [3.05, 3.63) is 35.1 Å². The Hall–Kier alpha value is -2.10. The molecule has 0 bridgehead atoms. The van der Waals surface area contributed by atoms with E-state index in [-0.39, 0.29) is 11.7 Å². The minimum absolute atomic E-state index is 0.177. The van der Waals surface area contributed by atoms with Crippen LogP contribution in [-0.2, 0) is 4.74 Å². The molecule has 108 valence electrons. The first kappa shape index (κ1) is 14.3. The van der Waals surface area contributed by atoms with Crippen molar-refractivity contribution >= 4 is 5.84 Å². The Morgan fingerprint density at radius 1 is 1.65 bits per heavy atom. The second-order valence-corrected chi connectivity index (χ2v) is 4.31. The van der Waals surface area contributed by atoms with Crippen LogP contribution in [0.3, 0.4) is 0 Å². The maximum atomic E-state index is 10.0. The summed E-state index contributed by atoms with van der Waals surface area (Å²) in [6.07, 6.45) is -1.26. The molecule has 2 aliphatic rings. The van der Waals surface area contributed by atoms with E-state index in [0.717, 1.165) is 0 Å². The Balaban J connectivity index is 2.30. The molecule has 10 nitrogen and oxygen atoms in total. The smallest absolute Gasteiger partial charge is 0.200 e. The van der Waals surface area contributed by atoms with Crippen LogP contribution in [0.1, 0.15) is 0 Å². The summed E-state index contributed by atoms with van der Waals surface area (Å²) in [5.74, 6) is 0.402. The molecule has 0 aromatic rings. The molecule has 0 radical (unpaired) electrons. The van der Waals surface area contributed by atoms with E-state index in [1.165, 1.54) is 17.2 Å². The van der Waals surface area contributed by atoms with Crippen LogP contribution in [0.5, 0.6) is 0 Å². The molecule has 1 fully saturated rings. The number of hydrogen-bond donors (Lipinski definition) is 4. The molecule has 0 aromatic carbocycles. The molecule has 0 aliphatic carbocycles. The number of nitrogens with two attached hydrogens (primary N) is 1. The standard InChI is InChI=1S/C10H14N6O4/c1-5-13-6(11)2-3-16(5)9-7(18)8(19)10(4-17,20-9)14-15-12/h2-3,7-9,17-19H,1,4H2,(H2,11,13). The lowest BCUT2D eigenvalue weighted by molar-refractivity contribution is -0.130. The lowest BCUT2D eigenvalue weighted by Crippen LogP contribution is -2.44. The highest BCUT2D eigenvalue weighted by molar-refractivity contribution is 5.92. The van der Waals surface area contributed by atoms with Crippen molar-refractivity contribution in [3.8, 4) is 0 Å². The van der Waals surface area contributed by atoms with Crippen molar-refractivity contribution in [3.63, 3.8) is 0 Å². The van der Waals surface area contributed by atoms with Crippen LogP contribution in [0.2, 0.25) is 0 Å². The molecule has 2 heterocycles. The topological polar surface area (TPSA) is 160 Å². The van der Waals surface area contributed by atoms with E-state index in [2.05, 4.69) is 21.6 Å². The fourth-order valence-electron chi connectivity index (χ4n) is 2.03. The summed E-state index contributed by atoms with van der Waals surface area (Å²) < 4.78 is 5.34. The van der Waals surface area contributed by atoms with Crippen LogP contribution >= 0.6 is 0 Å². The second kappa shape index (κ2) is 5.12. The monoisotopic (exact) mass is 282 g/mol. The summed E-state index contributed by atoms with van der Waals surface area (Å²) in [6, 6.07) is 0. The molecular formula is C10H14N6O4. The fourth-order valence-corrected chi connectivity index (χ4v) is 2.03. The predicted octanol–water partition coefficient (Wildman–Crippen LogP) is -1.28. The van der Waals surface area contributed by atoms with Gasteiger partial charge in [0.2, 0.25) is 5.72 Å². The third kappa shape index (κ3) is 2.11. The number of nitrogens with zero attached hydrogens (tertiary/aromatic N) is 5. The first-order valence-corrected chi connectivity index (χ1v) is 5.66. The second-order valence-electron chi connectivity index (χ2n) is 4.31. The van der Waals surface area contributed by atoms with Gasteiger partial charge in [0.15, 0.2) is 6.23 Å². The van der Waals surface area contributed by atoms with Gasteiger partial charge in [-0.15, -0.1) is 0 Å². The Labute approximate surface area is 113 Å². The molecule has 0 aromatic heterocycles. The van der Waals surface area contributed by atoms with E-state index in [1.54, 1.807) is 0 Å². The van der Waals surface area contributed by atoms with Crippen molar-refractivity contribution in [1.29, 1.82) is 0 Å². The summed E-state index contributed by atoms with van der Waals surface area (Å²) >= 11 is 0. The highest BCUT2D eigenvalue weighted by Crippen LogP contribution is 2.36. The molecule has 0 spiro atoms. The highest BCUT2D eigenvalue weighted by Gasteiger charge is 2.55. The van der Waals surface area contributed by atoms with Crippen molar-refractivity contribution in [2.45, 2.75) is 24.2 Å². The van der Waals surface area contributed by atoms with Crippen LogP contribution in [0, 0.1) is 0 Å². The number of aliphatic hydroxyl groups is 3. The molecule has 5 N–H and O–H groups in total. The van der Waals surface area contributed by atoms with Gasteiger partial charge in [0.1, 0.15) is 23.9 Å². The zero-order valence-corrected chi connectivity index (χ0v) is 10.4. The molecule has 1 saturated heterocycles. The number of aliphatic imine (C=N–C) groups is 1. The van der Waals surface area contributed by atoms with Crippen LogP contribution in [-0.4, -0.2) is 56.8 Å². The third-order valence-electron chi connectivity index (χ3n) is 3.08. The van der Waals surface area contributed by atoms with Crippen molar-refractivity contribution in [2.24, 2.45) is 15.8 Å².